The molecular formula is C11H9N5O2S2. The minimum absolute atomic E-state index is 0.117. The normalized spacial score (nSPS) is 10.8. The van der Waals surface area contributed by atoms with E-state index < -0.39 is 5.91 Å². The van der Waals surface area contributed by atoms with E-state index in [-0.39, 0.29) is 17.1 Å². The molecule has 0 saturated heterocycles. The lowest BCUT2D eigenvalue weighted by atomic mass is 10.4. The van der Waals surface area contributed by atoms with Gasteiger partial charge < -0.3 is 0 Å². The van der Waals surface area contributed by atoms with Crippen molar-refractivity contribution < 1.29 is 4.79 Å². The summed E-state index contributed by atoms with van der Waals surface area (Å²) >= 11 is 2.60. The molecule has 0 unspecified atom stereocenters. The summed E-state index contributed by atoms with van der Waals surface area (Å²) in [5.41, 5.74) is 2.52. The molecule has 0 bridgehead atoms. The van der Waals surface area contributed by atoms with Gasteiger partial charge in [0.2, 0.25) is 0 Å². The number of hydrogen-bond donors (Lipinski definition) is 2. The molecule has 0 aliphatic heterocycles. The van der Waals surface area contributed by atoms with Crippen molar-refractivity contribution in [1.82, 2.24) is 20.0 Å². The lowest BCUT2D eigenvalue weighted by molar-refractivity contribution is 0.0953. The quantitative estimate of drug-likeness (QED) is 0.418. The van der Waals surface area contributed by atoms with Gasteiger partial charge in [-0.05, 0) is 11.4 Å². The number of hydrazine groups is 1. The second-order valence-electron chi connectivity index (χ2n) is 3.93. The number of carbonyl (C=O) groups is 1. The third-order valence-corrected chi connectivity index (χ3v) is 4.37. The molecule has 3 rings (SSSR count). The first-order valence-corrected chi connectivity index (χ1v) is 7.33. The summed E-state index contributed by atoms with van der Waals surface area (Å²) in [4.78, 5) is 32.6. The molecule has 9 heteroatoms. The molecule has 0 aliphatic rings. The van der Waals surface area contributed by atoms with Gasteiger partial charge in [0, 0.05) is 5.38 Å². The van der Waals surface area contributed by atoms with Gasteiger partial charge in [-0.2, -0.15) is 0 Å². The predicted molar refractivity (Wildman–Crippen MR) is 76.7 cm³/mol. The Balaban J connectivity index is 1.93. The number of nitrogens with zero attached hydrogens (tertiary/aromatic N) is 3. The number of aromatic nitrogens is 3. The van der Waals surface area contributed by atoms with Crippen LogP contribution in [0.3, 0.4) is 0 Å². The van der Waals surface area contributed by atoms with Crippen LogP contribution in [-0.4, -0.2) is 20.4 Å². The highest BCUT2D eigenvalue weighted by Crippen LogP contribution is 2.14. The average Bonchev–Trinajstić information content (AvgIpc) is 3.10. The van der Waals surface area contributed by atoms with Crippen LogP contribution in [-0.2, 0) is 6.54 Å². The molecule has 102 valence electrons. The Bertz CT molecular complexity index is 835. The predicted octanol–water partition coefficient (Wildman–Crippen LogP) is 0.566. The second-order valence-corrected chi connectivity index (χ2v) is 5.69. The van der Waals surface area contributed by atoms with Crippen molar-refractivity contribution in [3.63, 3.8) is 0 Å². The zero-order valence-electron chi connectivity index (χ0n) is 10.1. The molecule has 1 amide bonds. The maximum Gasteiger partial charge on any atom is 0.294 e. The summed E-state index contributed by atoms with van der Waals surface area (Å²) in [6.07, 6.45) is 1.49. The molecular weight excluding hydrogens is 298 g/mol. The molecule has 3 aromatic heterocycles. The molecule has 3 aromatic rings. The number of thiophene rings is 1. The monoisotopic (exact) mass is 307 g/mol. The minimum atomic E-state index is -0.444. The van der Waals surface area contributed by atoms with Crippen LogP contribution in [0, 0.1) is 0 Å². The summed E-state index contributed by atoms with van der Waals surface area (Å²) in [5, 5.41) is 4.40. The highest BCUT2D eigenvalue weighted by molar-refractivity contribution is 7.16. The minimum Gasteiger partial charge on any atom is -0.293 e. The van der Waals surface area contributed by atoms with Crippen LogP contribution in [0.25, 0.3) is 10.2 Å². The number of nitrogens with one attached hydrogen (secondary N) is 1. The summed E-state index contributed by atoms with van der Waals surface area (Å²) in [6.45, 7) is 0.270. The van der Waals surface area contributed by atoms with Crippen molar-refractivity contribution in [1.29, 1.82) is 0 Å². The number of thiazole rings is 1. The smallest absolute Gasteiger partial charge is 0.293 e. The van der Waals surface area contributed by atoms with Crippen molar-refractivity contribution >= 4 is 38.8 Å². The van der Waals surface area contributed by atoms with Gasteiger partial charge in [-0.25, -0.2) is 15.8 Å². The van der Waals surface area contributed by atoms with Crippen molar-refractivity contribution in [2.24, 2.45) is 5.84 Å². The van der Waals surface area contributed by atoms with Gasteiger partial charge in [0.05, 0.1) is 24.0 Å². The first-order valence-electron chi connectivity index (χ1n) is 5.57. The third kappa shape index (κ3) is 2.22. The first kappa shape index (κ1) is 12.9. The van der Waals surface area contributed by atoms with Crippen molar-refractivity contribution in [3.8, 4) is 0 Å². The molecule has 0 fully saturated rings. The van der Waals surface area contributed by atoms with Crippen LogP contribution in [0.2, 0.25) is 0 Å². The largest absolute Gasteiger partial charge is 0.294 e. The number of amides is 1. The SMILES string of the molecule is NNC(=O)c1nc(Cn2cnc3sccc3c2=O)cs1. The molecule has 0 radical (unpaired) electrons. The van der Waals surface area contributed by atoms with Crippen LogP contribution < -0.4 is 16.8 Å². The molecule has 0 atom stereocenters. The van der Waals surface area contributed by atoms with Gasteiger partial charge in [0.1, 0.15) is 4.83 Å². The summed E-state index contributed by atoms with van der Waals surface area (Å²) < 4.78 is 1.47. The lowest BCUT2D eigenvalue weighted by Gasteiger charge is -2.02. The molecule has 3 N–H and O–H groups in total. The van der Waals surface area contributed by atoms with Crippen molar-refractivity contribution in [2.45, 2.75) is 6.54 Å². The number of fused-ring (bicyclic) bond motifs is 1. The third-order valence-electron chi connectivity index (χ3n) is 2.66. The Morgan fingerprint density at radius 3 is 3.10 bits per heavy atom. The van der Waals surface area contributed by atoms with Crippen LogP contribution in [0.15, 0.2) is 27.9 Å². The Morgan fingerprint density at radius 1 is 1.45 bits per heavy atom. The standard InChI is InChI=1S/C11H9N5O2S2/c12-15-8(17)10-14-6(4-20-10)3-16-5-13-9-7(11(16)18)1-2-19-9/h1-2,4-5H,3,12H2,(H,15,17). The molecule has 3 heterocycles. The molecule has 0 saturated carbocycles. The molecule has 7 nitrogen and oxygen atoms in total. The van der Waals surface area contributed by atoms with Gasteiger partial charge in [-0.3, -0.25) is 19.6 Å². The fourth-order valence-electron chi connectivity index (χ4n) is 1.73. The number of carbonyl (C=O) groups excluding carboxylic acids is 1. The van der Waals surface area contributed by atoms with E-state index in [9.17, 15) is 9.59 Å². The fourth-order valence-corrected chi connectivity index (χ4v) is 3.16. The van der Waals surface area contributed by atoms with Crippen LogP contribution in [0.1, 0.15) is 15.5 Å². The van der Waals surface area contributed by atoms with Gasteiger partial charge >= 0.3 is 0 Å². The van der Waals surface area contributed by atoms with E-state index in [1.165, 1.54) is 33.6 Å². The summed E-state index contributed by atoms with van der Waals surface area (Å²) in [5.74, 6) is 4.60. The van der Waals surface area contributed by atoms with E-state index in [0.717, 1.165) is 0 Å². The number of nitrogens with two attached hydrogens (primary N) is 1. The van der Waals surface area contributed by atoms with E-state index >= 15 is 0 Å². The fraction of sp³-hybridized carbons (Fsp3) is 0.0909. The second kappa shape index (κ2) is 5.12. The molecule has 0 aliphatic carbocycles. The topological polar surface area (TPSA) is 103 Å². The first-order chi connectivity index (χ1) is 9.69. The zero-order chi connectivity index (χ0) is 14.1. The highest BCUT2D eigenvalue weighted by atomic mass is 32.1. The molecule has 0 aromatic carbocycles. The zero-order valence-corrected chi connectivity index (χ0v) is 11.7. The maximum absolute atomic E-state index is 12.2. The maximum atomic E-state index is 12.2. The van der Waals surface area contributed by atoms with E-state index in [0.29, 0.717) is 15.9 Å². The Kier molecular flexibility index (Phi) is 3.30. The number of hydrogen-bond acceptors (Lipinski definition) is 7. The number of rotatable bonds is 3. The Morgan fingerprint density at radius 2 is 2.30 bits per heavy atom. The van der Waals surface area contributed by atoms with E-state index in [4.69, 9.17) is 5.84 Å². The molecule has 20 heavy (non-hydrogen) atoms. The highest BCUT2D eigenvalue weighted by Gasteiger charge is 2.11. The molecule has 0 spiro atoms. The van der Waals surface area contributed by atoms with Crippen molar-refractivity contribution in [2.75, 3.05) is 0 Å². The lowest BCUT2D eigenvalue weighted by Crippen LogP contribution is -2.30. The van der Waals surface area contributed by atoms with E-state index in [2.05, 4.69) is 9.97 Å². The van der Waals surface area contributed by atoms with Gasteiger partial charge in [-0.15, -0.1) is 22.7 Å². The van der Waals surface area contributed by atoms with Crippen LogP contribution >= 0.6 is 22.7 Å². The van der Waals surface area contributed by atoms with Gasteiger partial charge in [-0.1, -0.05) is 0 Å². The summed E-state index contributed by atoms with van der Waals surface area (Å²) in [7, 11) is 0. The van der Waals surface area contributed by atoms with E-state index in [1.807, 2.05) is 10.8 Å². The van der Waals surface area contributed by atoms with Gasteiger partial charge in [0.15, 0.2) is 5.01 Å². The Labute approximate surface area is 120 Å². The van der Waals surface area contributed by atoms with E-state index in [1.54, 1.807) is 11.4 Å². The summed E-state index contributed by atoms with van der Waals surface area (Å²) in [6, 6.07) is 1.75. The van der Waals surface area contributed by atoms with Crippen LogP contribution in [0.4, 0.5) is 0 Å². The average molecular weight is 307 g/mol. The number of nitrogen functional groups attached to an aromatic ring is 1. The van der Waals surface area contributed by atoms with Gasteiger partial charge in [0.25, 0.3) is 11.5 Å². The van der Waals surface area contributed by atoms with Crippen molar-refractivity contribution in [3.05, 3.63) is 44.2 Å². The Hall–Kier alpha value is -2.10. The van der Waals surface area contributed by atoms with Crippen LogP contribution in [0.5, 0.6) is 0 Å².